The van der Waals surface area contributed by atoms with Crippen molar-refractivity contribution >= 4 is 5.97 Å². The van der Waals surface area contributed by atoms with Gasteiger partial charge in [0.25, 0.3) is 0 Å². The van der Waals surface area contributed by atoms with Crippen molar-refractivity contribution in [1.82, 2.24) is 4.90 Å². The third-order valence-electron chi connectivity index (χ3n) is 4.31. The van der Waals surface area contributed by atoms with Crippen molar-refractivity contribution in [1.29, 1.82) is 0 Å². The Morgan fingerprint density at radius 1 is 1.42 bits per heavy atom. The molecule has 1 aromatic carbocycles. The molecular formula is C16H23NO2. The summed E-state index contributed by atoms with van der Waals surface area (Å²) in [7, 11) is 0. The van der Waals surface area contributed by atoms with Gasteiger partial charge in [-0.2, -0.15) is 0 Å². The first-order chi connectivity index (χ1) is 8.99. The molecule has 1 fully saturated rings. The average Bonchev–Trinajstić information content (AvgIpc) is 2.36. The fourth-order valence-electron chi connectivity index (χ4n) is 2.96. The largest absolute Gasteiger partial charge is 0.481 e. The van der Waals surface area contributed by atoms with E-state index in [1.807, 2.05) is 6.92 Å². The summed E-state index contributed by atoms with van der Waals surface area (Å²) in [4.78, 5) is 13.6. The van der Waals surface area contributed by atoms with Crippen molar-refractivity contribution in [3.8, 4) is 0 Å². The molecule has 1 aromatic rings. The molecule has 2 atom stereocenters. The summed E-state index contributed by atoms with van der Waals surface area (Å²) in [5.74, 6) is -0.878. The van der Waals surface area contributed by atoms with Crippen molar-refractivity contribution in [2.24, 2.45) is 5.92 Å². The summed E-state index contributed by atoms with van der Waals surface area (Å²) in [6.45, 7) is 8.13. The van der Waals surface area contributed by atoms with Crippen LogP contribution in [-0.2, 0) is 11.3 Å². The zero-order chi connectivity index (χ0) is 14.0. The molecule has 0 unspecified atom stereocenters. The molecular weight excluding hydrogens is 238 g/mol. The van der Waals surface area contributed by atoms with Crippen molar-refractivity contribution < 1.29 is 9.90 Å². The summed E-state index contributed by atoms with van der Waals surface area (Å²) >= 11 is 0. The summed E-state index contributed by atoms with van der Waals surface area (Å²) in [5.41, 5.74) is 3.87. The second-order valence-corrected chi connectivity index (χ2v) is 5.73. The van der Waals surface area contributed by atoms with Gasteiger partial charge < -0.3 is 5.11 Å². The van der Waals surface area contributed by atoms with Crippen LogP contribution in [0.4, 0.5) is 0 Å². The van der Waals surface area contributed by atoms with E-state index in [-0.39, 0.29) is 12.0 Å². The van der Waals surface area contributed by atoms with Gasteiger partial charge in [0.05, 0.1) is 5.92 Å². The zero-order valence-electron chi connectivity index (χ0n) is 12.0. The number of aliphatic carboxylic acids is 1. The Hall–Kier alpha value is -1.35. The fraction of sp³-hybridized carbons (Fsp3) is 0.562. The first kappa shape index (κ1) is 14.1. The Morgan fingerprint density at radius 3 is 2.84 bits per heavy atom. The van der Waals surface area contributed by atoms with Gasteiger partial charge in [-0.15, -0.1) is 0 Å². The van der Waals surface area contributed by atoms with E-state index < -0.39 is 5.97 Å². The standard InChI is InChI=1S/C16H23NO2/c1-11-6-7-12(2)14(9-11)10-17-8-4-5-15(13(17)3)16(18)19/h6-7,9,13,15H,4-5,8,10H2,1-3H3,(H,18,19)/t13-,15-/m1/s1. The molecule has 2 rings (SSSR count). The maximum absolute atomic E-state index is 11.3. The molecule has 104 valence electrons. The van der Waals surface area contributed by atoms with E-state index in [1.165, 1.54) is 16.7 Å². The van der Waals surface area contributed by atoms with Gasteiger partial charge in [0.2, 0.25) is 0 Å². The van der Waals surface area contributed by atoms with Crippen molar-refractivity contribution in [3.63, 3.8) is 0 Å². The highest BCUT2D eigenvalue weighted by Gasteiger charge is 2.32. The van der Waals surface area contributed by atoms with Gasteiger partial charge in [-0.05, 0) is 51.3 Å². The minimum Gasteiger partial charge on any atom is -0.481 e. The van der Waals surface area contributed by atoms with Gasteiger partial charge in [0.1, 0.15) is 0 Å². The number of benzene rings is 1. The Kier molecular flexibility index (Phi) is 4.25. The smallest absolute Gasteiger partial charge is 0.308 e. The van der Waals surface area contributed by atoms with Gasteiger partial charge in [-0.3, -0.25) is 9.69 Å². The molecule has 3 heteroatoms. The number of hydrogen-bond donors (Lipinski definition) is 1. The molecule has 3 nitrogen and oxygen atoms in total. The van der Waals surface area contributed by atoms with Gasteiger partial charge in [0.15, 0.2) is 0 Å². The van der Waals surface area contributed by atoms with Crippen LogP contribution >= 0.6 is 0 Å². The average molecular weight is 261 g/mol. The normalized spacial score (nSPS) is 24.4. The lowest BCUT2D eigenvalue weighted by molar-refractivity contribution is -0.145. The second-order valence-electron chi connectivity index (χ2n) is 5.73. The minimum atomic E-state index is -0.654. The monoisotopic (exact) mass is 261 g/mol. The highest BCUT2D eigenvalue weighted by Crippen LogP contribution is 2.26. The molecule has 1 N–H and O–H groups in total. The predicted molar refractivity (Wildman–Crippen MR) is 76.1 cm³/mol. The van der Waals surface area contributed by atoms with Crippen LogP contribution in [0.3, 0.4) is 0 Å². The van der Waals surface area contributed by atoms with E-state index in [2.05, 4.69) is 36.9 Å². The molecule has 0 bridgehead atoms. The number of nitrogens with zero attached hydrogens (tertiary/aromatic N) is 1. The van der Waals surface area contributed by atoms with Crippen LogP contribution in [0.15, 0.2) is 18.2 Å². The Bertz CT molecular complexity index is 470. The van der Waals surface area contributed by atoms with Crippen molar-refractivity contribution in [3.05, 3.63) is 34.9 Å². The fourth-order valence-corrected chi connectivity index (χ4v) is 2.96. The Labute approximate surface area is 115 Å². The highest BCUT2D eigenvalue weighted by atomic mass is 16.4. The molecule has 0 aliphatic carbocycles. The van der Waals surface area contributed by atoms with Crippen LogP contribution in [0, 0.1) is 19.8 Å². The third-order valence-corrected chi connectivity index (χ3v) is 4.31. The first-order valence-electron chi connectivity index (χ1n) is 7.02. The Morgan fingerprint density at radius 2 is 2.16 bits per heavy atom. The molecule has 1 heterocycles. The van der Waals surface area contributed by atoms with Gasteiger partial charge in [-0.25, -0.2) is 0 Å². The van der Waals surface area contributed by atoms with Crippen molar-refractivity contribution in [2.45, 2.75) is 46.2 Å². The van der Waals surface area contributed by atoms with Crippen LogP contribution < -0.4 is 0 Å². The van der Waals surface area contributed by atoms with E-state index in [1.54, 1.807) is 0 Å². The quantitative estimate of drug-likeness (QED) is 0.909. The molecule has 0 aromatic heterocycles. The lowest BCUT2D eigenvalue weighted by atomic mass is 9.89. The maximum Gasteiger partial charge on any atom is 0.308 e. The van der Waals surface area contributed by atoms with Crippen LogP contribution in [-0.4, -0.2) is 28.6 Å². The number of hydrogen-bond acceptors (Lipinski definition) is 2. The first-order valence-corrected chi connectivity index (χ1v) is 7.02. The summed E-state index contributed by atoms with van der Waals surface area (Å²) in [5, 5.41) is 9.26. The van der Waals surface area contributed by atoms with Crippen LogP contribution in [0.2, 0.25) is 0 Å². The number of rotatable bonds is 3. The number of piperidine rings is 1. The SMILES string of the molecule is Cc1ccc(C)c(CN2CCC[C@@H](C(=O)O)[C@H]2C)c1. The second kappa shape index (κ2) is 5.74. The molecule has 1 aliphatic heterocycles. The zero-order valence-corrected chi connectivity index (χ0v) is 12.0. The van der Waals surface area contributed by atoms with Crippen molar-refractivity contribution in [2.75, 3.05) is 6.54 Å². The number of carbonyl (C=O) groups is 1. The molecule has 0 spiro atoms. The Balaban J connectivity index is 2.13. The molecule has 0 saturated carbocycles. The lowest BCUT2D eigenvalue weighted by Crippen LogP contribution is -2.45. The number of carboxylic acid groups (broad SMARTS) is 1. The maximum atomic E-state index is 11.3. The highest BCUT2D eigenvalue weighted by molar-refractivity contribution is 5.71. The number of carboxylic acids is 1. The topological polar surface area (TPSA) is 40.5 Å². The summed E-state index contributed by atoms with van der Waals surface area (Å²) in [6, 6.07) is 6.60. The summed E-state index contributed by atoms with van der Waals surface area (Å²) < 4.78 is 0. The van der Waals surface area contributed by atoms with Gasteiger partial charge >= 0.3 is 5.97 Å². The predicted octanol–water partition coefficient (Wildman–Crippen LogP) is 2.99. The minimum absolute atomic E-state index is 0.117. The van der Waals surface area contributed by atoms with E-state index in [9.17, 15) is 9.90 Å². The number of likely N-dealkylation sites (tertiary alicyclic amines) is 1. The third kappa shape index (κ3) is 3.16. The van der Waals surface area contributed by atoms with Gasteiger partial charge in [0, 0.05) is 12.6 Å². The van der Waals surface area contributed by atoms with E-state index >= 15 is 0 Å². The molecule has 1 saturated heterocycles. The molecule has 1 aliphatic rings. The summed E-state index contributed by atoms with van der Waals surface area (Å²) in [6.07, 6.45) is 1.78. The van der Waals surface area contributed by atoms with E-state index in [0.717, 1.165) is 25.9 Å². The van der Waals surface area contributed by atoms with Crippen LogP contribution in [0.5, 0.6) is 0 Å². The molecule has 0 radical (unpaired) electrons. The van der Waals surface area contributed by atoms with E-state index in [4.69, 9.17) is 0 Å². The molecule has 19 heavy (non-hydrogen) atoms. The van der Waals surface area contributed by atoms with E-state index in [0.29, 0.717) is 0 Å². The van der Waals surface area contributed by atoms with Gasteiger partial charge in [-0.1, -0.05) is 23.8 Å². The number of aryl methyl sites for hydroxylation is 2. The van der Waals surface area contributed by atoms with Crippen LogP contribution in [0.25, 0.3) is 0 Å². The van der Waals surface area contributed by atoms with Crippen LogP contribution in [0.1, 0.15) is 36.5 Å². The lowest BCUT2D eigenvalue weighted by Gasteiger charge is -2.37. The molecule has 0 amide bonds.